The predicted molar refractivity (Wildman–Crippen MR) is 52.0 cm³/mol. The van der Waals surface area contributed by atoms with Crippen LogP contribution in [0.25, 0.3) is 0 Å². The molecule has 1 aromatic rings. The van der Waals surface area contributed by atoms with Crippen LogP contribution in [0.1, 0.15) is 10.4 Å². The summed E-state index contributed by atoms with van der Waals surface area (Å²) < 4.78 is -0.0521. The second-order valence-electron chi connectivity index (χ2n) is 2.08. The monoisotopic (exact) mass is 276 g/mol. The van der Waals surface area contributed by atoms with E-state index in [1.54, 1.807) is 0 Å². The van der Waals surface area contributed by atoms with Crippen molar-refractivity contribution in [3.63, 3.8) is 0 Å². The molecule has 0 saturated heterocycles. The molecule has 11 heavy (non-hydrogen) atoms. The zero-order valence-electron chi connectivity index (χ0n) is 5.63. The summed E-state index contributed by atoms with van der Waals surface area (Å²) in [5, 5.41) is 0. The number of halogens is 2. The highest BCUT2D eigenvalue weighted by atomic mass is 79.9. The molecule has 0 N–H and O–H groups in total. The summed E-state index contributed by atoms with van der Waals surface area (Å²) in [7, 11) is 0. The van der Waals surface area contributed by atoms with E-state index in [0.29, 0.717) is 0 Å². The Balaban J connectivity index is 2.85. The SMILES string of the molecule is O=C(Br)[C@@H](Br)c1ccccc1. The molecule has 0 radical (unpaired) electrons. The van der Waals surface area contributed by atoms with Crippen molar-refractivity contribution in [2.24, 2.45) is 0 Å². The van der Waals surface area contributed by atoms with Crippen LogP contribution < -0.4 is 0 Å². The van der Waals surface area contributed by atoms with Crippen LogP contribution in [0.2, 0.25) is 0 Å². The molecule has 0 spiro atoms. The van der Waals surface area contributed by atoms with E-state index in [0.717, 1.165) is 5.56 Å². The van der Waals surface area contributed by atoms with Crippen LogP contribution in [0.5, 0.6) is 0 Å². The van der Waals surface area contributed by atoms with Crippen molar-refractivity contribution in [1.29, 1.82) is 0 Å². The van der Waals surface area contributed by atoms with Crippen molar-refractivity contribution in [3.8, 4) is 0 Å². The number of hydrogen-bond acceptors (Lipinski definition) is 1. The lowest BCUT2D eigenvalue weighted by Crippen LogP contribution is -1.96. The second kappa shape index (κ2) is 4.02. The van der Waals surface area contributed by atoms with Crippen molar-refractivity contribution in [2.45, 2.75) is 4.83 Å². The Morgan fingerprint density at radius 1 is 1.27 bits per heavy atom. The third kappa shape index (κ3) is 2.42. The molecule has 0 bridgehead atoms. The molecule has 0 aromatic heterocycles. The Morgan fingerprint density at radius 3 is 2.27 bits per heavy atom. The fourth-order valence-electron chi connectivity index (χ4n) is 0.753. The molecule has 1 rings (SSSR count). The van der Waals surface area contributed by atoms with Gasteiger partial charge in [0.2, 0.25) is 4.69 Å². The summed E-state index contributed by atoms with van der Waals surface area (Å²) in [5.74, 6) is 0. The first-order chi connectivity index (χ1) is 5.22. The summed E-state index contributed by atoms with van der Waals surface area (Å²) >= 11 is 6.14. The molecule has 0 aliphatic heterocycles. The first kappa shape index (κ1) is 8.94. The van der Waals surface area contributed by atoms with E-state index in [-0.39, 0.29) is 9.52 Å². The van der Waals surface area contributed by atoms with E-state index in [1.165, 1.54) is 0 Å². The average molecular weight is 278 g/mol. The number of hydrogen-bond donors (Lipinski definition) is 0. The van der Waals surface area contributed by atoms with Crippen LogP contribution in [0.15, 0.2) is 30.3 Å². The lowest BCUT2D eigenvalue weighted by Gasteiger charge is -2.02. The number of rotatable bonds is 2. The summed E-state index contributed by atoms with van der Waals surface area (Å²) in [6, 6.07) is 9.53. The maximum atomic E-state index is 10.8. The van der Waals surface area contributed by atoms with Gasteiger partial charge in [0.05, 0.1) is 0 Å². The normalized spacial score (nSPS) is 12.5. The van der Waals surface area contributed by atoms with E-state index < -0.39 is 0 Å². The topological polar surface area (TPSA) is 17.1 Å². The van der Waals surface area contributed by atoms with Gasteiger partial charge in [0, 0.05) is 0 Å². The molecular formula is C8H6Br2O. The van der Waals surface area contributed by atoms with Gasteiger partial charge in [0.25, 0.3) is 0 Å². The second-order valence-corrected chi connectivity index (χ2v) is 3.77. The van der Waals surface area contributed by atoms with Gasteiger partial charge in [0.15, 0.2) is 0 Å². The highest BCUT2D eigenvalue weighted by Crippen LogP contribution is 2.25. The minimum Gasteiger partial charge on any atom is -0.285 e. The Kier molecular flexibility index (Phi) is 3.27. The fourth-order valence-corrected chi connectivity index (χ4v) is 1.32. The molecule has 0 saturated carbocycles. The molecular weight excluding hydrogens is 272 g/mol. The maximum absolute atomic E-state index is 10.8. The third-order valence-corrected chi connectivity index (χ3v) is 3.31. The summed E-state index contributed by atoms with van der Waals surface area (Å²) in [4.78, 5) is 10.6. The number of carbonyl (C=O) groups is 1. The lowest BCUT2D eigenvalue weighted by molar-refractivity contribution is -0.109. The number of alkyl halides is 1. The molecule has 1 atom stereocenters. The summed E-state index contributed by atoms with van der Waals surface area (Å²) in [6.07, 6.45) is 0. The van der Waals surface area contributed by atoms with Crippen molar-refractivity contribution in [1.82, 2.24) is 0 Å². The summed E-state index contributed by atoms with van der Waals surface area (Å²) in [5.41, 5.74) is 0.967. The Hall–Kier alpha value is -0.150. The van der Waals surface area contributed by atoms with Crippen LogP contribution >= 0.6 is 31.9 Å². The van der Waals surface area contributed by atoms with Gasteiger partial charge in [-0.1, -0.05) is 46.3 Å². The molecule has 0 amide bonds. The number of benzene rings is 1. The minimum absolute atomic E-state index is 0.0521. The zero-order chi connectivity index (χ0) is 8.27. The standard InChI is InChI=1S/C8H6Br2O/c9-7(8(10)11)6-4-2-1-3-5-6/h1-5,7H/t7-/m0/s1. The lowest BCUT2D eigenvalue weighted by atomic mass is 10.2. The van der Waals surface area contributed by atoms with Gasteiger partial charge in [-0.3, -0.25) is 4.79 Å². The van der Waals surface area contributed by atoms with Gasteiger partial charge in [-0.05, 0) is 21.5 Å². The van der Waals surface area contributed by atoms with Crippen molar-refractivity contribution in [3.05, 3.63) is 35.9 Å². The Bertz CT molecular complexity index is 246. The maximum Gasteiger partial charge on any atom is 0.215 e. The first-order valence-corrected chi connectivity index (χ1v) is 4.81. The van der Waals surface area contributed by atoms with Crippen LogP contribution in [-0.2, 0) is 4.79 Å². The molecule has 0 heterocycles. The molecule has 0 aliphatic carbocycles. The van der Waals surface area contributed by atoms with Crippen LogP contribution in [0.4, 0.5) is 0 Å². The number of carbonyl (C=O) groups excluding carboxylic acids is 1. The van der Waals surface area contributed by atoms with Crippen LogP contribution in [0, 0.1) is 0 Å². The third-order valence-electron chi connectivity index (χ3n) is 1.29. The zero-order valence-corrected chi connectivity index (χ0v) is 8.80. The Labute approximate surface area is 82.1 Å². The van der Waals surface area contributed by atoms with Gasteiger partial charge >= 0.3 is 0 Å². The van der Waals surface area contributed by atoms with Gasteiger partial charge in [0.1, 0.15) is 4.83 Å². The van der Waals surface area contributed by atoms with Gasteiger partial charge in [-0.25, -0.2) is 0 Å². The predicted octanol–water partition coefficient (Wildman–Crippen LogP) is 3.04. The summed E-state index contributed by atoms with van der Waals surface area (Å²) in [6.45, 7) is 0. The highest BCUT2D eigenvalue weighted by Gasteiger charge is 2.12. The highest BCUT2D eigenvalue weighted by molar-refractivity contribution is 9.19. The van der Waals surface area contributed by atoms with Crippen molar-refractivity contribution in [2.75, 3.05) is 0 Å². The van der Waals surface area contributed by atoms with Crippen LogP contribution in [0.3, 0.4) is 0 Å². The molecule has 0 aliphatic rings. The molecule has 0 unspecified atom stereocenters. The van der Waals surface area contributed by atoms with E-state index in [1.807, 2.05) is 30.3 Å². The Morgan fingerprint density at radius 2 is 1.82 bits per heavy atom. The first-order valence-electron chi connectivity index (χ1n) is 3.10. The van der Waals surface area contributed by atoms with Crippen molar-refractivity contribution < 1.29 is 4.79 Å². The average Bonchev–Trinajstić information content (AvgIpc) is 2.05. The van der Waals surface area contributed by atoms with Gasteiger partial charge in [-0.15, -0.1) is 0 Å². The smallest absolute Gasteiger partial charge is 0.215 e. The van der Waals surface area contributed by atoms with Crippen molar-refractivity contribution >= 4 is 36.6 Å². The quantitative estimate of drug-likeness (QED) is 0.600. The molecule has 58 valence electrons. The molecule has 1 nitrogen and oxygen atoms in total. The van der Waals surface area contributed by atoms with E-state index in [4.69, 9.17) is 0 Å². The molecule has 3 heteroatoms. The van der Waals surface area contributed by atoms with E-state index >= 15 is 0 Å². The molecule has 0 fully saturated rings. The van der Waals surface area contributed by atoms with Crippen LogP contribution in [-0.4, -0.2) is 4.69 Å². The van der Waals surface area contributed by atoms with E-state index in [2.05, 4.69) is 31.9 Å². The van der Waals surface area contributed by atoms with Gasteiger partial charge < -0.3 is 0 Å². The largest absolute Gasteiger partial charge is 0.285 e. The fraction of sp³-hybridized carbons (Fsp3) is 0.125. The van der Waals surface area contributed by atoms with E-state index in [9.17, 15) is 4.79 Å². The minimum atomic E-state index is -0.233. The van der Waals surface area contributed by atoms with Gasteiger partial charge in [-0.2, -0.15) is 0 Å². The molecule has 1 aromatic carbocycles.